The predicted molar refractivity (Wildman–Crippen MR) is 81.9 cm³/mol. The van der Waals surface area contributed by atoms with Gasteiger partial charge in [-0.25, -0.2) is 8.42 Å². The van der Waals surface area contributed by atoms with Crippen LogP contribution in [-0.4, -0.2) is 23.7 Å². The summed E-state index contributed by atoms with van der Waals surface area (Å²) in [6.45, 7) is 5.59. The lowest BCUT2D eigenvalue weighted by atomic mass is 10.4. The SMILES string of the molecule is Cc1[nH]c(=O)sc1S(=O)(=O)N(Cc1cccs1)C(C)C. The summed E-state index contributed by atoms with van der Waals surface area (Å²) in [4.78, 5) is 14.5. The second kappa shape index (κ2) is 5.80. The summed E-state index contributed by atoms with van der Waals surface area (Å²) < 4.78 is 27.0. The minimum Gasteiger partial charge on any atom is -0.315 e. The van der Waals surface area contributed by atoms with E-state index < -0.39 is 10.0 Å². The Labute approximate surface area is 125 Å². The van der Waals surface area contributed by atoms with Gasteiger partial charge in [-0.1, -0.05) is 17.4 Å². The molecule has 5 nitrogen and oxygen atoms in total. The zero-order valence-electron chi connectivity index (χ0n) is 11.4. The largest absolute Gasteiger partial charge is 0.315 e. The molecule has 2 aromatic rings. The van der Waals surface area contributed by atoms with Crippen molar-refractivity contribution in [2.45, 2.75) is 37.6 Å². The first-order chi connectivity index (χ1) is 9.32. The van der Waals surface area contributed by atoms with Crippen LogP contribution in [0, 0.1) is 6.92 Å². The predicted octanol–water partition coefficient (Wildman–Crippen LogP) is 2.41. The molecular weight excluding hydrogens is 316 g/mol. The number of hydrogen-bond donors (Lipinski definition) is 1. The molecule has 0 fully saturated rings. The molecule has 0 unspecified atom stereocenters. The van der Waals surface area contributed by atoms with E-state index in [0.29, 0.717) is 12.2 Å². The van der Waals surface area contributed by atoms with Crippen molar-refractivity contribution in [1.82, 2.24) is 9.29 Å². The second-order valence-corrected chi connectivity index (χ2v) is 8.75. The van der Waals surface area contributed by atoms with E-state index in [-0.39, 0.29) is 15.1 Å². The summed E-state index contributed by atoms with van der Waals surface area (Å²) in [5, 5.41) is 1.92. The van der Waals surface area contributed by atoms with Crippen molar-refractivity contribution in [3.05, 3.63) is 37.8 Å². The zero-order chi connectivity index (χ0) is 14.9. The van der Waals surface area contributed by atoms with Crippen LogP contribution >= 0.6 is 22.7 Å². The average molecular weight is 332 g/mol. The molecule has 0 amide bonds. The van der Waals surface area contributed by atoms with Gasteiger partial charge in [0.25, 0.3) is 10.0 Å². The average Bonchev–Trinajstić information content (AvgIpc) is 2.95. The molecule has 8 heteroatoms. The number of hydrogen-bond acceptors (Lipinski definition) is 5. The van der Waals surface area contributed by atoms with Crippen LogP contribution in [0.25, 0.3) is 0 Å². The van der Waals surface area contributed by atoms with Crippen molar-refractivity contribution in [2.75, 3.05) is 0 Å². The molecule has 0 saturated carbocycles. The Morgan fingerprint density at radius 2 is 2.10 bits per heavy atom. The van der Waals surface area contributed by atoms with Gasteiger partial charge in [-0.15, -0.1) is 11.3 Å². The summed E-state index contributed by atoms with van der Waals surface area (Å²) in [7, 11) is -3.66. The Kier molecular flexibility index (Phi) is 4.48. The van der Waals surface area contributed by atoms with E-state index in [1.54, 1.807) is 6.92 Å². The Hall–Kier alpha value is -0.960. The van der Waals surface area contributed by atoms with Gasteiger partial charge in [-0.2, -0.15) is 4.31 Å². The van der Waals surface area contributed by atoms with Gasteiger partial charge >= 0.3 is 4.87 Å². The number of thiophene rings is 1. The number of nitrogens with zero attached hydrogens (tertiary/aromatic N) is 1. The molecule has 110 valence electrons. The highest BCUT2D eigenvalue weighted by Crippen LogP contribution is 2.25. The fourth-order valence-electron chi connectivity index (χ4n) is 1.84. The molecule has 0 saturated heterocycles. The molecule has 0 atom stereocenters. The van der Waals surface area contributed by atoms with Crippen LogP contribution in [0.3, 0.4) is 0 Å². The van der Waals surface area contributed by atoms with E-state index in [1.165, 1.54) is 15.6 Å². The highest BCUT2D eigenvalue weighted by Gasteiger charge is 2.30. The van der Waals surface area contributed by atoms with E-state index in [1.807, 2.05) is 31.4 Å². The van der Waals surface area contributed by atoms with Crippen molar-refractivity contribution in [3.63, 3.8) is 0 Å². The summed E-state index contributed by atoms with van der Waals surface area (Å²) in [5.74, 6) is 0. The maximum Gasteiger partial charge on any atom is 0.305 e. The number of nitrogens with one attached hydrogen (secondary N) is 1. The molecule has 1 N–H and O–H groups in total. The van der Waals surface area contributed by atoms with Crippen LogP contribution in [0.1, 0.15) is 24.4 Å². The van der Waals surface area contributed by atoms with Crippen molar-refractivity contribution < 1.29 is 8.42 Å². The van der Waals surface area contributed by atoms with Crippen LogP contribution in [0.2, 0.25) is 0 Å². The van der Waals surface area contributed by atoms with Gasteiger partial charge < -0.3 is 4.98 Å². The summed E-state index contributed by atoms with van der Waals surface area (Å²) >= 11 is 2.26. The van der Waals surface area contributed by atoms with E-state index in [0.717, 1.165) is 16.2 Å². The van der Waals surface area contributed by atoms with Crippen LogP contribution < -0.4 is 4.87 Å². The van der Waals surface area contributed by atoms with Crippen LogP contribution in [0.15, 0.2) is 26.5 Å². The second-order valence-electron chi connectivity index (χ2n) is 4.65. The molecule has 0 aliphatic carbocycles. The highest BCUT2D eigenvalue weighted by atomic mass is 32.2. The number of aromatic amines is 1. The molecule has 2 rings (SSSR count). The minimum atomic E-state index is -3.66. The topological polar surface area (TPSA) is 70.2 Å². The molecule has 0 radical (unpaired) electrons. The van der Waals surface area contributed by atoms with Gasteiger partial charge in [0.1, 0.15) is 0 Å². The van der Waals surface area contributed by atoms with E-state index in [9.17, 15) is 13.2 Å². The van der Waals surface area contributed by atoms with Crippen molar-refractivity contribution in [3.8, 4) is 0 Å². The van der Waals surface area contributed by atoms with E-state index in [4.69, 9.17) is 0 Å². The summed E-state index contributed by atoms with van der Waals surface area (Å²) in [6, 6.07) is 3.62. The summed E-state index contributed by atoms with van der Waals surface area (Å²) in [6.07, 6.45) is 0. The number of thiazole rings is 1. The first-order valence-electron chi connectivity index (χ1n) is 6.06. The fourth-order valence-corrected chi connectivity index (χ4v) is 5.66. The zero-order valence-corrected chi connectivity index (χ0v) is 13.9. The molecule has 0 aromatic carbocycles. The molecule has 2 aromatic heterocycles. The number of aromatic nitrogens is 1. The standard InChI is InChI=1S/C12H16N2O3S3/c1-8(2)14(7-10-5-4-6-18-10)20(16,17)11-9(3)13-12(15)19-11/h4-6,8H,7H2,1-3H3,(H,13,15). The maximum absolute atomic E-state index is 12.7. The van der Waals surface area contributed by atoms with Crippen LogP contribution in [0.5, 0.6) is 0 Å². The van der Waals surface area contributed by atoms with Gasteiger partial charge in [0, 0.05) is 23.2 Å². The molecule has 0 bridgehead atoms. The molecule has 2 heterocycles. The smallest absolute Gasteiger partial charge is 0.305 e. The van der Waals surface area contributed by atoms with Gasteiger partial charge in [0.2, 0.25) is 0 Å². The van der Waals surface area contributed by atoms with Crippen molar-refractivity contribution in [1.29, 1.82) is 0 Å². The minimum absolute atomic E-state index is 0.104. The van der Waals surface area contributed by atoms with Crippen LogP contribution in [-0.2, 0) is 16.6 Å². The number of aryl methyl sites for hydroxylation is 1. The van der Waals surface area contributed by atoms with E-state index in [2.05, 4.69) is 4.98 Å². The molecule has 0 aliphatic rings. The molecule has 0 aliphatic heterocycles. The molecule has 20 heavy (non-hydrogen) atoms. The Morgan fingerprint density at radius 3 is 2.55 bits per heavy atom. The van der Waals surface area contributed by atoms with Gasteiger partial charge in [0.05, 0.1) is 0 Å². The molecular formula is C12H16N2O3S3. The monoisotopic (exact) mass is 332 g/mol. The first kappa shape index (κ1) is 15.4. The van der Waals surface area contributed by atoms with Crippen LogP contribution in [0.4, 0.5) is 0 Å². The third-order valence-corrected chi connectivity index (χ3v) is 7.26. The number of sulfonamides is 1. The number of H-pyrrole nitrogens is 1. The Bertz CT molecular complexity index is 726. The summed E-state index contributed by atoms with van der Waals surface area (Å²) in [5.41, 5.74) is 0.400. The van der Waals surface area contributed by atoms with Crippen molar-refractivity contribution >= 4 is 32.7 Å². The van der Waals surface area contributed by atoms with E-state index >= 15 is 0 Å². The lowest BCUT2D eigenvalue weighted by Crippen LogP contribution is -2.36. The first-order valence-corrected chi connectivity index (χ1v) is 9.20. The lowest BCUT2D eigenvalue weighted by molar-refractivity contribution is 0.351. The molecule has 0 spiro atoms. The normalized spacial score (nSPS) is 12.4. The Morgan fingerprint density at radius 1 is 1.40 bits per heavy atom. The van der Waals surface area contributed by atoms with Gasteiger partial charge in [0.15, 0.2) is 4.21 Å². The lowest BCUT2D eigenvalue weighted by Gasteiger charge is -2.24. The quantitative estimate of drug-likeness (QED) is 0.914. The highest BCUT2D eigenvalue weighted by molar-refractivity contribution is 7.91. The van der Waals surface area contributed by atoms with Gasteiger partial charge in [-0.3, -0.25) is 4.79 Å². The van der Waals surface area contributed by atoms with Gasteiger partial charge in [-0.05, 0) is 32.2 Å². The third-order valence-electron chi connectivity index (χ3n) is 2.79. The fraction of sp³-hybridized carbons (Fsp3) is 0.417. The van der Waals surface area contributed by atoms with Crippen molar-refractivity contribution in [2.24, 2.45) is 0 Å². The third kappa shape index (κ3) is 3.03. The number of rotatable bonds is 5. The Balaban J connectivity index is 2.42. The maximum atomic E-state index is 12.7.